The van der Waals surface area contributed by atoms with E-state index in [-0.39, 0.29) is 0 Å². The largest absolute Gasteiger partial charge is 0.370 e. The second-order valence-corrected chi connectivity index (χ2v) is 6.39. The van der Waals surface area contributed by atoms with Crippen LogP contribution in [0.25, 0.3) is 12.2 Å². The van der Waals surface area contributed by atoms with Crippen molar-refractivity contribution in [3.8, 4) is 0 Å². The molecule has 2 heteroatoms. The molecule has 0 amide bonds. The van der Waals surface area contributed by atoms with Gasteiger partial charge in [-0.15, -0.1) is 0 Å². The number of hydrogen-bond donors (Lipinski definition) is 0. The summed E-state index contributed by atoms with van der Waals surface area (Å²) in [6.07, 6.45) is 9.10. The Kier molecular flexibility index (Phi) is 6.00. The van der Waals surface area contributed by atoms with Crippen LogP contribution in [-0.2, 0) is 4.74 Å². The van der Waals surface area contributed by atoms with Gasteiger partial charge >= 0.3 is 0 Å². The molecule has 0 unspecified atom stereocenters. The maximum atomic E-state index is 5.59. The Bertz CT molecular complexity index is 601. The average molecular weight is 320 g/mol. The average Bonchev–Trinajstić information content (AvgIpc) is 2.64. The highest BCUT2D eigenvalue weighted by molar-refractivity contribution is 5.49. The van der Waals surface area contributed by atoms with Crippen molar-refractivity contribution in [2.24, 2.45) is 0 Å². The third-order valence-electron chi connectivity index (χ3n) is 4.63. The summed E-state index contributed by atoms with van der Waals surface area (Å²) in [6, 6.07) is 21.0. The van der Waals surface area contributed by atoms with E-state index < -0.39 is 0 Å². The van der Waals surface area contributed by atoms with Crippen LogP contribution >= 0.6 is 0 Å². The first-order valence-electron chi connectivity index (χ1n) is 8.72. The van der Waals surface area contributed by atoms with Crippen LogP contribution in [0, 0.1) is 0 Å². The summed E-state index contributed by atoms with van der Waals surface area (Å²) in [4.78, 5) is 0. The van der Waals surface area contributed by atoms with Crippen LogP contribution in [0.5, 0.6) is 0 Å². The topological polar surface area (TPSA) is 9.23 Å². The van der Waals surface area contributed by atoms with Crippen LogP contribution in [0.3, 0.4) is 0 Å². The molecule has 0 bridgehead atoms. The van der Waals surface area contributed by atoms with Crippen LogP contribution in [0.1, 0.15) is 11.1 Å². The molecule has 1 fully saturated rings. The molecule has 0 atom stereocenters. The minimum Gasteiger partial charge on any atom is -0.370 e. The monoisotopic (exact) mass is 320 g/mol. The molecular weight excluding hydrogens is 294 g/mol. The minimum atomic E-state index is 0.859. The lowest BCUT2D eigenvalue weighted by molar-refractivity contribution is -0.924. The van der Waals surface area contributed by atoms with Crippen LogP contribution in [0.15, 0.2) is 72.8 Å². The lowest BCUT2D eigenvalue weighted by Crippen LogP contribution is -2.55. The molecule has 3 rings (SSSR count). The maximum absolute atomic E-state index is 5.59. The van der Waals surface area contributed by atoms with Gasteiger partial charge in [0.25, 0.3) is 0 Å². The van der Waals surface area contributed by atoms with E-state index in [1.807, 2.05) is 0 Å². The molecular formula is C22H26NO+. The van der Waals surface area contributed by atoms with Gasteiger partial charge in [-0.2, -0.15) is 0 Å². The van der Waals surface area contributed by atoms with Gasteiger partial charge in [-0.05, 0) is 23.3 Å². The molecule has 1 aliphatic rings. The van der Waals surface area contributed by atoms with Gasteiger partial charge in [-0.3, -0.25) is 0 Å². The molecule has 2 nitrogen and oxygen atoms in total. The Morgan fingerprint density at radius 1 is 0.708 bits per heavy atom. The summed E-state index contributed by atoms with van der Waals surface area (Å²) in [5.41, 5.74) is 2.53. The van der Waals surface area contributed by atoms with Crippen molar-refractivity contribution < 1.29 is 9.22 Å². The van der Waals surface area contributed by atoms with Crippen LogP contribution in [-0.4, -0.2) is 43.9 Å². The summed E-state index contributed by atoms with van der Waals surface area (Å²) in [5.74, 6) is 0. The molecule has 1 saturated heterocycles. The second kappa shape index (κ2) is 8.62. The molecule has 2 aromatic rings. The molecule has 2 aromatic carbocycles. The van der Waals surface area contributed by atoms with E-state index >= 15 is 0 Å². The van der Waals surface area contributed by atoms with Gasteiger partial charge in [-0.1, -0.05) is 72.8 Å². The van der Waals surface area contributed by atoms with Crippen molar-refractivity contribution in [3.63, 3.8) is 0 Å². The Hall–Kier alpha value is -2.16. The molecule has 124 valence electrons. The molecule has 0 radical (unpaired) electrons. The molecule has 24 heavy (non-hydrogen) atoms. The van der Waals surface area contributed by atoms with Crippen molar-refractivity contribution in [2.45, 2.75) is 0 Å². The third kappa shape index (κ3) is 4.92. The zero-order valence-electron chi connectivity index (χ0n) is 14.2. The zero-order valence-corrected chi connectivity index (χ0v) is 14.2. The lowest BCUT2D eigenvalue weighted by atomic mass is 10.2. The van der Waals surface area contributed by atoms with Crippen molar-refractivity contribution in [2.75, 3.05) is 39.4 Å². The highest BCUT2D eigenvalue weighted by atomic mass is 16.5. The highest BCUT2D eigenvalue weighted by Crippen LogP contribution is 2.14. The smallest absolute Gasteiger partial charge is 0.103 e. The van der Waals surface area contributed by atoms with E-state index in [1.165, 1.54) is 11.1 Å². The third-order valence-corrected chi connectivity index (χ3v) is 4.63. The first-order chi connectivity index (χ1) is 11.9. The number of benzene rings is 2. The number of rotatable bonds is 6. The van der Waals surface area contributed by atoms with Crippen LogP contribution in [0.2, 0.25) is 0 Å². The fourth-order valence-electron chi connectivity index (χ4n) is 3.12. The van der Waals surface area contributed by atoms with E-state index in [9.17, 15) is 0 Å². The molecule has 1 heterocycles. The van der Waals surface area contributed by atoms with E-state index in [0.29, 0.717) is 0 Å². The molecule has 0 N–H and O–H groups in total. The Balaban J connectivity index is 1.63. The van der Waals surface area contributed by atoms with E-state index in [4.69, 9.17) is 4.74 Å². The molecule has 1 aliphatic heterocycles. The van der Waals surface area contributed by atoms with Gasteiger partial charge in [0.2, 0.25) is 0 Å². The zero-order chi connectivity index (χ0) is 16.5. The maximum Gasteiger partial charge on any atom is 0.103 e. The highest BCUT2D eigenvalue weighted by Gasteiger charge is 2.27. The summed E-state index contributed by atoms with van der Waals surface area (Å²) in [6.45, 7) is 5.99. The molecule has 0 aromatic heterocycles. The Labute approximate surface area is 145 Å². The van der Waals surface area contributed by atoms with E-state index in [0.717, 1.165) is 43.9 Å². The minimum absolute atomic E-state index is 0.859. The fraction of sp³-hybridized carbons (Fsp3) is 0.273. The summed E-state index contributed by atoms with van der Waals surface area (Å²) in [7, 11) is 0. The van der Waals surface area contributed by atoms with Crippen LogP contribution in [0.4, 0.5) is 0 Å². The van der Waals surface area contributed by atoms with Gasteiger partial charge < -0.3 is 9.22 Å². The van der Waals surface area contributed by atoms with Crippen molar-refractivity contribution >= 4 is 12.2 Å². The van der Waals surface area contributed by atoms with E-state index in [2.05, 4.69) is 85.0 Å². The van der Waals surface area contributed by atoms with Gasteiger partial charge in [0.05, 0.1) is 26.3 Å². The van der Waals surface area contributed by atoms with Crippen molar-refractivity contribution in [1.29, 1.82) is 0 Å². The predicted octanol–water partition coefficient (Wildman–Crippen LogP) is 4.26. The lowest BCUT2D eigenvalue weighted by Gasteiger charge is -2.39. The predicted molar refractivity (Wildman–Crippen MR) is 101 cm³/mol. The number of quaternary nitrogens is 1. The molecule has 0 saturated carbocycles. The van der Waals surface area contributed by atoms with Gasteiger partial charge in [-0.25, -0.2) is 0 Å². The summed E-state index contributed by atoms with van der Waals surface area (Å²) >= 11 is 0. The SMILES string of the molecule is C(=Cc1ccccc1)C[N+]1(CC=Cc2ccccc2)CCOCC1. The summed E-state index contributed by atoms with van der Waals surface area (Å²) in [5, 5.41) is 0. The van der Waals surface area contributed by atoms with Gasteiger partial charge in [0.1, 0.15) is 13.1 Å². The normalized spacial score (nSPS) is 17.5. The summed E-state index contributed by atoms with van der Waals surface area (Å²) < 4.78 is 6.67. The number of nitrogens with zero attached hydrogens (tertiary/aromatic N) is 1. The Morgan fingerprint density at radius 2 is 1.17 bits per heavy atom. The second-order valence-electron chi connectivity index (χ2n) is 6.39. The van der Waals surface area contributed by atoms with Crippen molar-refractivity contribution in [1.82, 2.24) is 0 Å². The van der Waals surface area contributed by atoms with Gasteiger partial charge in [0, 0.05) is 0 Å². The van der Waals surface area contributed by atoms with Crippen LogP contribution < -0.4 is 0 Å². The number of hydrogen-bond acceptors (Lipinski definition) is 1. The first kappa shape index (κ1) is 16.7. The van der Waals surface area contributed by atoms with Gasteiger partial charge in [0.15, 0.2) is 0 Å². The fourth-order valence-corrected chi connectivity index (χ4v) is 3.12. The first-order valence-corrected chi connectivity index (χ1v) is 8.72. The number of morpholine rings is 1. The number of ether oxygens (including phenoxy) is 1. The van der Waals surface area contributed by atoms with E-state index in [1.54, 1.807) is 0 Å². The quantitative estimate of drug-likeness (QED) is 0.723. The molecule has 0 aliphatic carbocycles. The van der Waals surface area contributed by atoms with Crippen molar-refractivity contribution in [3.05, 3.63) is 83.9 Å². The Morgan fingerprint density at radius 3 is 1.62 bits per heavy atom. The standard InChI is InChI=1S/C22H26NO/c1-3-9-21(10-4-1)13-7-15-23(17-19-24-20-18-23)16-8-14-22-11-5-2-6-12-22/h1-14H,15-20H2/q+1. The molecule has 0 spiro atoms.